The van der Waals surface area contributed by atoms with Gasteiger partial charge < -0.3 is 5.32 Å². The molecule has 0 saturated heterocycles. The zero-order valence-electron chi connectivity index (χ0n) is 9.02. The van der Waals surface area contributed by atoms with Crippen LogP contribution in [0.3, 0.4) is 0 Å². The van der Waals surface area contributed by atoms with Crippen molar-refractivity contribution in [1.29, 1.82) is 0 Å². The monoisotopic (exact) mass is 265 g/mol. The van der Waals surface area contributed by atoms with Gasteiger partial charge in [-0.25, -0.2) is 0 Å². The Morgan fingerprint density at radius 1 is 1.47 bits per heavy atom. The summed E-state index contributed by atoms with van der Waals surface area (Å²) >= 11 is 3.56. The van der Waals surface area contributed by atoms with E-state index in [1.807, 2.05) is 0 Å². The van der Waals surface area contributed by atoms with Crippen molar-refractivity contribution in [3.63, 3.8) is 0 Å². The van der Waals surface area contributed by atoms with Crippen LogP contribution in [-0.2, 0) is 6.54 Å². The number of aryl methyl sites for hydroxylation is 1. The summed E-state index contributed by atoms with van der Waals surface area (Å²) in [7, 11) is 0. The minimum Gasteiger partial charge on any atom is -0.313 e. The summed E-state index contributed by atoms with van der Waals surface area (Å²) in [6.45, 7) is 3.96. The van der Waals surface area contributed by atoms with E-state index in [2.05, 4.69) is 52.3 Å². The van der Waals surface area contributed by atoms with Crippen LogP contribution >= 0.6 is 15.9 Å². The van der Waals surface area contributed by atoms with Crippen molar-refractivity contribution in [3.8, 4) is 12.3 Å². The molecule has 1 nitrogen and oxygen atoms in total. The van der Waals surface area contributed by atoms with Gasteiger partial charge in [-0.2, -0.15) is 0 Å². The highest BCUT2D eigenvalue weighted by Crippen LogP contribution is 2.17. The third-order valence-electron chi connectivity index (χ3n) is 2.20. The molecule has 0 atom stereocenters. The first-order valence-corrected chi connectivity index (χ1v) is 5.92. The zero-order chi connectivity index (χ0) is 11.1. The average Bonchev–Trinajstić information content (AvgIpc) is 2.20. The lowest BCUT2D eigenvalue weighted by atomic mass is 10.1. The molecule has 2 heteroatoms. The van der Waals surface area contributed by atoms with Gasteiger partial charge in [0.2, 0.25) is 0 Å². The molecule has 0 saturated carbocycles. The maximum atomic E-state index is 5.18. The first-order chi connectivity index (χ1) is 7.24. The lowest BCUT2D eigenvalue weighted by Gasteiger charge is -2.06. The Hall–Kier alpha value is -0.780. The van der Waals surface area contributed by atoms with Gasteiger partial charge in [-0.15, -0.1) is 12.3 Å². The minimum atomic E-state index is 0.849. The van der Waals surface area contributed by atoms with E-state index in [1.54, 1.807) is 0 Å². The quantitative estimate of drug-likeness (QED) is 0.637. The lowest BCUT2D eigenvalue weighted by molar-refractivity contribution is 0.658. The number of benzene rings is 1. The van der Waals surface area contributed by atoms with Crippen molar-refractivity contribution in [2.24, 2.45) is 0 Å². The Labute approximate surface area is 100 Å². The smallest absolute Gasteiger partial charge is 0.0222 e. The number of terminal acetylenes is 1. The summed E-state index contributed by atoms with van der Waals surface area (Å²) in [5, 5.41) is 3.37. The normalized spacial score (nSPS) is 9.93. The summed E-state index contributed by atoms with van der Waals surface area (Å²) in [6.07, 6.45) is 7.07. The molecule has 0 radical (unpaired) electrons. The summed E-state index contributed by atoms with van der Waals surface area (Å²) in [4.78, 5) is 0. The van der Waals surface area contributed by atoms with Crippen molar-refractivity contribution in [3.05, 3.63) is 33.8 Å². The zero-order valence-corrected chi connectivity index (χ0v) is 10.6. The lowest BCUT2D eigenvalue weighted by Crippen LogP contribution is -2.14. The largest absolute Gasteiger partial charge is 0.313 e. The molecule has 0 aliphatic carbocycles. The molecule has 80 valence electrons. The molecule has 0 amide bonds. The number of nitrogens with one attached hydrogen (secondary N) is 1. The molecule has 0 spiro atoms. The van der Waals surface area contributed by atoms with E-state index in [0.29, 0.717) is 0 Å². The SMILES string of the molecule is C#CCCCNCc1ccc(C)cc1Br. The van der Waals surface area contributed by atoms with Crippen LogP contribution in [0.1, 0.15) is 24.0 Å². The highest BCUT2D eigenvalue weighted by atomic mass is 79.9. The van der Waals surface area contributed by atoms with Crippen LogP contribution < -0.4 is 5.32 Å². The molecule has 0 aromatic heterocycles. The summed E-state index contributed by atoms with van der Waals surface area (Å²) in [5.74, 6) is 2.64. The fraction of sp³-hybridized carbons (Fsp3) is 0.385. The Balaban J connectivity index is 2.35. The summed E-state index contributed by atoms with van der Waals surface area (Å²) < 4.78 is 1.17. The molecule has 0 aliphatic heterocycles. The van der Waals surface area contributed by atoms with Crippen molar-refractivity contribution in [2.75, 3.05) is 6.54 Å². The van der Waals surface area contributed by atoms with Crippen LogP contribution in [0.25, 0.3) is 0 Å². The molecule has 0 unspecified atom stereocenters. The molecule has 0 aliphatic rings. The third kappa shape index (κ3) is 4.51. The second kappa shape index (κ2) is 6.66. The average molecular weight is 266 g/mol. The van der Waals surface area contributed by atoms with E-state index in [0.717, 1.165) is 25.9 Å². The summed E-state index contributed by atoms with van der Waals surface area (Å²) in [5.41, 5.74) is 2.57. The fourth-order valence-electron chi connectivity index (χ4n) is 1.33. The number of halogens is 1. The van der Waals surface area contributed by atoms with Gasteiger partial charge in [-0.05, 0) is 37.1 Å². The van der Waals surface area contributed by atoms with Crippen molar-refractivity contribution in [2.45, 2.75) is 26.3 Å². The molecular formula is C13H16BrN. The number of hydrogen-bond acceptors (Lipinski definition) is 1. The van der Waals surface area contributed by atoms with Gasteiger partial charge in [0.25, 0.3) is 0 Å². The molecule has 1 aromatic carbocycles. The van der Waals surface area contributed by atoms with Crippen LogP contribution in [0.4, 0.5) is 0 Å². The number of unbranched alkanes of at least 4 members (excludes halogenated alkanes) is 1. The van der Waals surface area contributed by atoms with Gasteiger partial charge in [0.1, 0.15) is 0 Å². The minimum absolute atomic E-state index is 0.849. The van der Waals surface area contributed by atoms with Crippen LogP contribution in [0.2, 0.25) is 0 Å². The van der Waals surface area contributed by atoms with Gasteiger partial charge in [-0.1, -0.05) is 28.1 Å². The predicted molar refractivity (Wildman–Crippen MR) is 68.7 cm³/mol. The summed E-state index contributed by atoms with van der Waals surface area (Å²) in [6, 6.07) is 6.41. The molecule has 1 aromatic rings. The number of hydrogen-bond donors (Lipinski definition) is 1. The Morgan fingerprint density at radius 3 is 2.93 bits per heavy atom. The maximum absolute atomic E-state index is 5.18. The molecule has 1 rings (SSSR count). The van der Waals surface area contributed by atoms with Crippen molar-refractivity contribution in [1.82, 2.24) is 5.32 Å². The molecule has 1 N–H and O–H groups in total. The molecule has 0 fully saturated rings. The third-order valence-corrected chi connectivity index (χ3v) is 2.94. The first-order valence-electron chi connectivity index (χ1n) is 5.13. The van der Waals surface area contributed by atoms with Gasteiger partial charge in [0.15, 0.2) is 0 Å². The number of rotatable bonds is 5. The highest BCUT2D eigenvalue weighted by Gasteiger charge is 1.98. The van der Waals surface area contributed by atoms with E-state index in [1.165, 1.54) is 15.6 Å². The molecule has 0 bridgehead atoms. The fourth-order valence-corrected chi connectivity index (χ4v) is 1.97. The van der Waals surface area contributed by atoms with Crippen LogP contribution in [0.5, 0.6) is 0 Å². The van der Waals surface area contributed by atoms with Gasteiger partial charge in [-0.3, -0.25) is 0 Å². The Bertz CT molecular complexity index is 352. The second-order valence-electron chi connectivity index (χ2n) is 3.58. The highest BCUT2D eigenvalue weighted by molar-refractivity contribution is 9.10. The molecule has 0 heterocycles. The van der Waals surface area contributed by atoms with Gasteiger partial charge in [0, 0.05) is 17.4 Å². The Kier molecular flexibility index (Phi) is 5.45. The predicted octanol–water partition coefficient (Wildman–Crippen LogP) is 3.26. The van der Waals surface area contributed by atoms with E-state index in [-0.39, 0.29) is 0 Å². The van der Waals surface area contributed by atoms with Crippen molar-refractivity contribution >= 4 is 15.9 Å². The Morgan fingerprint density at radius 2 is 2.27 bits per heavy atom. The van der Waals surface area contributed by atoms with Crippen LogP contribution in [0.15, 0.2) is 22.7 Å². The molecular weight excluding hydrogens is 250 g/mol. The van der Waals surface area contributed by atoms with Gasteiger partial charge >= 0.3 is 0 Å². The van der Waals surface area contributed by atoms with E-state index in [9.17, 15) is 0 Å². The van der Waals surface area contributed by atoms with Gasteiger partial charge in [0.05, 0.1) is 0 Å². The first kappa shape index (κ1) is 12.3. The molecule has 15 heavy (non-hydrogen) atoms. The topological polar surface area (TPSA) is 12.0 Å². The van der Waals surface area contributed by atoms with E-state index < -0.39 is 0 Å². The van der Waals surface area contributed by atoms with E-state index >= 15 is 0 Å². The maximum Gasteiger partial charge on any atom is 0.0222 e. The van der Waals surface area contributed by atoms with Crippen LogP contribution in [0, 0.1) is 19.3 Å². The van der Waals surface area contributed by atoms with E-state index in [4.69, 9.17) is 6.42 Å². The standard InChI is InChI=1S/C13H16BrN/c1-3-4-5-8-15-10-12-7-6-11(2)9-13(12)14/h1,6-7,9,15H,4-5,8,10H2,2H3. The van der Waals surface area contributed by atoms with Crippen LogP contribution in [-0.4, -0.2) is 6.54 Å². The second-order valence-corrected chi connectivity index (χ2v) is 4.43. The van der Waals surface area contributed by atoms with Crippen molar-refractivity contribution < 1.29 is 0 Å².